The van der Waals surface area contributed by atoms with Crippen molar-refractivity contribution in [2.24, 2.45) is 0 Å². The number of hydrogen-bond acceptors (Lipinski definition) is 4. The van der Waals surface area contributed by atoms with Gasteiger partial charge in [-0.05, 0) is 49.6 Å². The first-order valence-electron chi connectivity index (χ1n) is 10.2. The lowest BCUT2D eigenvalue weighted by molar-refractivity contribution is 0.262. The predicted molar refractivity (Wildman–Crippen MR) is 122 cm³/mol. The third-order valence-corrected chi connectivity index (χ3v) is 5.84. The molecule has 1 saturated carbocycles. The number of fused-ring (bicyclic) bond motifs is 1. The number of halogens is 1. The van der Waals surface area contributed by atoms with Crippen LogP contribution in [0.1, 0.15) is 37.7 Å². The monoisotopic (exact) mass is 425 g/mol. The van der Waals surface area contributed by atoms with Crippen LogP contribution in [0.5, 0.6) is 0 Å². The van der Waals surface area contributed by atoms with E-state index in [4.69, 9.17) is 16.0 Å². The fraction of sp³-hybridized carbons (Fsp3) is 0.304. The van der Waals surface area contributed by atoms with E-state index in [1.54, 1.807) is 18.2 Å². The first-order chi connectivity index (χ1) is 14.5. The Hall–Kier alpha value is -2.99. The topological polar surface area (TPSA) is 83.4 Å². The molecule has 2 aromatic carbocycles. The van der Waals surface area contributed by atoms with E-state index in [0.717, 1.165) is 36.6 Å². The van der Waals surface area contributed by atoms with Gasteiger partial charge in [-0.25, -0.2) is 9.59 Å². The average molecular weight is 426 g/mol. The Bertz CT molecular complexity index is 1140. The highest BCUT2D eigenvalue weighted by Gasteiger charge is 2.21. The minimum Gasteiger partial charge on any atom is -0.421 e. The fourth-order valence-corrected chi connectivity index (χ4v) is 3.99. The molecule has 0 saturated heterocycles. The molecule has 3 aromatic rings. The lowest BCUT2D eigenvalue weighted by Gasteiger charge is -2.25. The molecule has 0 atom stereocenters. The van der Waals surface area contributed by atoms with Crippen LogP contribution in [0.2, 0.25) is 5.02 Å². The average Bonchev–Trinajstić information content (AvgIpc) is 2.74. The van der Waals surface area contributed by atoms with Crippen LogP contribution in [0.25, 0.3) is 11.0 Å². The number of anilines is 3. The van der Waals surface area contributed by atoms with Gasteiger partial charge in [0.25, 0.3) is 0 Å². The molecule has 3 N–H and O–H groups in total. The molecule has 4 rings (SSSR count). The lowest BCUT2D eigenvalue weighted by atomic mass is 9.95. The van der Waals surface area contributed by atoms with Crippen LogP contribution in [0.15, 0.2) is 51.7 Å². The predicted octanol–water partition coefficient (Wildman–Crippen LogP) is 6.14. The molecule has 1 aliphatic rings. The van der Waals surface area contributed by atoms with Gasteiger partial charge < -0.3 is 15.1 Å². The van der Waals surface area contributed by atoms with Crippen LogP contribution in [0.4, 0.5) is 21.9 Å². The number of carbonyl (C=O) groups excluding carboxylic acids is 1. The molecule has 1 aromatic heterocycles. The number of benzene rings is 2. The maximum atomic E-state index is 12.7. The van der Waals surface area contributed by atoms with Gasteiger partial charge in [0.1, 0.15) is 5.58 Å². The number of nitrogens with one attached hydrogen (secondary N) is 3. The van der Waals surface area contributed by atoms with Crippen molar-refractivity contribution in [3.63, 3.8) is 0 Å². The van der Waals surface area contributed by atoms with E-state index in [2.05, 4.69) is 16.0 Å². The van der Waals surface area contributed by atoms with Crippen molar-refractivity contribution in [2.75, 3.05) is 16.0 Å². The maximum absolute atomic E-state index is 12.7. The van der Waals surface area contributed by atoms with Crippen LogP contribution in [-0.2, 0) is 0 Å². The SMILES string of the molecule is Cc1ccc(NC(=O)Nc2c(NC3CCCCC3)c3ccccc3oc2=O)cc1Cl. The van der Waals surface area contributed by atoms with E-state index >= 15 is 0 Å². The smallest absolute Gasteiger partial charge is 0.362 e. The van der Waals surface area contributed by atoms with Crippen molar-refractivity contribution in [2.45, 2.75) is 45.1 Å². The molecule has 156 valence electrons. The Labute approximate surface area is 179 Å². The summed E-state index contributed by atoms with van der Waals surface area (Å²) < 4.78 is 5.45. The van der Waals surface area contributed by atoms with Crippen molar-refractivity contribution in [3.05, 3.63) is 63.5 Å². The van der Waals surface area contributed by atoms with Crippen molar-refractivity contribution in [3.8, 4) is 0 Å². The highest BCUT2D eigenvalue weighted by Crippen LogP contribution is 2.32. The molecule has 7 heteroatoms. The third-order valence-electron chi connectivity index (χ3n) is 5.44. The van der Waals surface area contributed by atoms with Crippen molar-refractivity contribution < 1.29 is 9.21 Å². The lowest BCUT2D eigenvalue weighted by Crippen LogP contribution is -2.27. The van der Waals surface area contributed by atoms with Gasteiger partial charge >= 0.3 is 11.7 Å². The highest BCUT2D eigenvalue weighted by molar-refractivity contribution is 6.31. The number of carbonyl (C=O) groups is 1. The quantitative estimate of drug-likeness (QED) is 0.438. The van der Waals surface area contributed by atoms with Gasteiger partial charge in [-0.3, -0.25) is 5.32 Å². The van der Waals surface area contributed by atoms with Gasteiger partial charge in [0.05, 0.1) is 5.69 Å². The number of rotatable bonds is 4. The highest BCUT2D eigenvalue weighted by atomic mass is 35.5. The number of amides is 2. The van der Waals surface area contributed by atoms with Crippen molar-refractivity contribution >= 4 is 45.7 Å². The second-order valence-corrected chi connectivity index (χ2v) is 8.07. The fourth-order valence-electron chi connectivity index (χ4n) is 3.81. The van der Waals surface area contributed by atoms with E-state index in [0.29, 0.717) is 22.0 Å². The molecular weight excluding hydrogens is 402 g/mol. The molecular formula is C23H24ClN3O3. The summed E-state index contributed by atoms with van der Waals surface area (Å²) in [4.78, 5) is 25.3. The van der Waals surface area contributed by atoms with Crippen molar-refractivity contribution in [1.29, 1.82) is 0 Å². The van der Waals surface area contributed by atoms with Crippen LogP contribution < -0.4 is 21.6 Å². The molecule has 0 spiro atoms. The molecule has 1 aliphatic carbocycles. The first kappa shape index (κ1) is 20.3. The largest absolute Gasteiger partial charge is 0.421 e. The Morgan fingerprint density at radius 2 is 1.80 bits per heavy atom. The van der Waals surface area contributed by atoms with Crippen LogP contribution in [0.3, 0.4) is 0 Å². The van der Waals surface area contributed by atoms with E-state index < -0.39 is 11.7 Å². The maximum Gasteiger partial charge on any atom is 0.362 e. The van der Waals surface area contributed by atoms with Gasteiger partial charge in [0, 0.05) is 22.1 Å². The summed E-state index contributed by atoms with van der Waals surface area (Å²) in [5, 5.41) is 10.2. The molecule has 0 aliphatic heterocycles. The number of aryl methyl sites for hydroxylation is 1. The minimum absolute atomic E-state index is 0.106. The molecule has 1 heterocycles. The summed E-state index contributed by atoms with van der Waals surface area (Å²) in [5.41, 5.74) is 2.05. The van der Waals surface area contributed by atoms with Crippen LogP contribution >= 0.6 is 11.6 Å². The number of hydrogen-bond donors (Lipinski definition) is 3. The molecule has 0 radical (unpaired) electrons. The van der Waals surface area contributed by atoms with Gasteiger partial charge in [0.15, 0.2) is 5.69 Å². The third kappa shape index (κ3) is 4.44. The van der Waals surface area contributed by atoms with E-state index in [-0.39, 0.29) is 11.7 Å². The van der Waals surface area contributed by atoms with Gasteiger partial charge in [0.2, 0.25) is 0 Å². The summed E-state index contributed by atoms with van der Waals surface area (Å²) >= 11 is 6.14. The zero-order valence-electron chi connectivity index (χ0n) is 16.8. The van der Waals surface area contributed by atoms with E-state index in [9.17, 15) is 9.59 Å². The normalized spacial score (nSPS) is 14.5. The summed E-state index contributed by atoms with van der Waals surface area (Å²) in [6.45, 7) is 1.88. The Balaban J connectivity index is 1.65. The Kier molecular flexibility index (Phi) is 5.95. The van der Waals surface area contributed by atoms with E-state index in [1.165, 1.54) is 6.42 Å². The Morgan fingerprint density at radius 3 is 2.57 bits per heavy atom. The summed E-state index contributed by atoms with van der Waals surface area (Å²) in [7, 11) is 0. The van der Waals surface area contributed by atoms with Crippen molar-refractivity contribution in [1.82, 2.24) is 0 Å². The second-order valence-electron chi connectivity index (χ2n) is 7.66. The molecule has 1 fully saturated rings. The second kappa shape index (κ2) is 8.79. The van der Waals surface area contributed by atoms with Gasteiger partial charge in [-0.2, -0.15) is 0 Å². The van der Waals surface area contributed by atoms with Crippen LogP contribution in [-0.4, -0.2) is 12.1 Å². The van der Waals surface area contributed by atoms with Gasteiger partial charge in [-0.15, -0.1) is 0 Å². The summed E-state index contributed by atoms with van der Waals surface area (Å²) in [5.74, 6) is 0. The number of urea groups is 1. The summed E-state index contributed by atoms with van der Waals surface area (Å²) in [6, 6.07) is 12.3. The standard InChI is InChI=1S/C23H24ClN3O3/c1-14-11-12-16(13-18(14)24)26-23(29)27-21-20(25-15-7-3-2-4-8-15)17-9-5-6-10-19(17)30-22(21)28/h5-6,9-13,15,25H,2-4,7-8H2,1H3,(H2,26,27,29). The molecule has 6 nitrogen and oxygen atoms in total. The summed E-state index contributed by atoms with van der Waals surface area (Å²) in [6.07, 6.45) is 5.58. The van der Waals surface area contributed by atoms with E-state index in [1.807, 2.05) is 31.2 Å². The first-order valence-corrected chi connectivity index (χ1v) is 10.6. The zero-order chi connectivity index (χ0) is 21.1. The van der Waals surface area contributed by atoms with Crippen LogP contribution in [0, 0.1) is 6.92 Å². The molecule has 0 bridgehead atoms. The Morgan fingerprint density at radius 1 is 1.03 bits per heavy atom. The molecule has 30 heavy (non-hydrogen) atoms. The number of para-hydroxylation sites is 1. The molecule has 0 unspecified atom stereocenters. The minimum atomic E-state index is -0.593. The zero-order valence-corrected chi connectivity index (χ0v) is 17.5. The van der Waals surface area contributed by atoms with Gasteiger partial charge in [-0.1, -0.05) is 49.1 Å². The molecule has 2 amide bonds.